The van der Waals surface area contributed by atoms with Crippen LogP contribution < -0.4 is 20.9 Å². The van der Waals surface area contributed by atoms with E-state index in [1.165, 1.54) is 17.5 Å². The first-order valence-electron chi connectivity index (χ1n) is 15.6. The van der Waals surface area contributed by atoms with Crippen molar-refractivity contribution in [2.24, 2.45) is 5.92 Å². The number of hydrogen-bond acceptors (Lipinski definition) is 9. The number of nitrogens with zero attached hydrogens (tertiary/aromatic N) is 4. The molecule has 9 rings (SSSR count). The van der Waals surface area contributed by atoms with Gasteiger partial charge in [0.15, 0.2) is 0 Å². The molecule has 0 spiro atoms. The SMILES string of the molecule is CSc1cccc2cc(O)cc(-n3ncc4c(C5CC6CNCC5CN6)nc(OCC56CCCN5CCC6)cc4c3=O)c12. The average molecular weight is 599 g/mol. The minimum absolute atomic E-state index is 0.0825. The van der Waals surface area contributed by atoms with E-state index < -0.39 is 0 Å². The summed E-state index contributed by atoms with van der Waals surface area (Å²) in [5, 5.41) is 25.7. The lowest BCUT2D eigenvalue weighted by atomic mass is 9.81. The molecule has 224 valence electrons. The van der Waals surface area contributed by atoms with Crippen molar-refractivity contribution >= 4 is 33.3 Å². The van der Waals surface area contributed by atoms with Gasteiger partial charge in [-0.15, -0.1) is 11.8 Å². The van der Waals surface area contributed by atoms with E-state index in [1.54, 1.807) is 30.1 Å². The van der Waals surface area contributed by atoms with Gasteiger partial charge in [0, 0.05) is 52.8 Å². The van der Waals surface area contributed by atoms with E-state index in [-0.39, 0.29) is 22.8 Å². The van der Waals surface area contributed by atoms with E-state index >= 15 is 0 Å². The van der Waals surface area contributed by atoms with Gasteiger partial charge in [-0.2, -0.15) is 9.78 Å². The molecular formula is C33H38N6O3S. The van der Waals surface area contributed by atoms with Gasteiger partial charge < -0.3 is 20.5 Å². The number of hydrogen-bond donors (Lipinski definition) is 3. The fourth-order valence-corrected chi connectivity index (χ4v) is 8.87. The number of nitrogens with one attached hydrogen (secondary N) is 2. The molecule has 2 bridgehead atoms. The van der Waals surface area contributed by atoms with E-state index in [9.17, 15) is 9.90 Å². The number of phenols is 1. The van der Waals surface area contributed by atoms with Crippen molar-refractivity contribution in [1.82, 2.24) is 30.3 Å². The molecule has 5 saturated heterocycles. The Bertz CT molecular complexity index is 1760. The van der Waals surface area contributed by atoms with Gasteiger partial charge in [-0.1, -0.05) is 12.1 Å². The molecule has 3 N–H and O–H groups in total. The number of rotatable bonds is 6. The smallest absolute Gasteiger partial charge is 0.279 e. The first-order valence-corrected chi connectivity index (χ1v) is 16.8. The van der Waals surface area contributed by atoms with Gasteiger partial charge >= 0.3 is 0 Å². The number of piperidine rings is 1. The quantitative estimate of drug-likeness (QED) is 0.284. The molecule has 3 unspecified atom stereocenters. The number of ether oxygens (including phenoxy) is 1. The lowest BCUT2D eigenvalue weighted by Crippen LogP contribution is -2.43. The second-order valence-electron chi connectivity index (χ2n) is 12.8. The minimum atomic E-state index is -0.231. The second-order valence-corrected chi connectivity index (χ2v) is 13.6. The van der Waals surface area contributed by atoms with Crippen molar-refractivity contribution < 1.29 is 9.84 Å². The molecule has 7 heterocycles. The predicted molar refractivity (Wildman–Crippen MR) is 170 cm³/mol. The molecule has 3 atom stereocenters. The van der Waals surface area contributed by atoms with Crippen LogP contribution >= 0.6 is 11.8 Å². The molecule has 0 radical (unpaired) electrons. The number of aromatic nitrogens is 3. The van der Waals surface area contributed by atoms with Crippen molar-refractivity contribution in [3.8, 4) is 17.3 Å². The first kappa shape index (κ1) is 27.4. The van der Waals surface area contributed by atoms with E-state index in [0.29, 0.717) is 35.5 Å². The summed E-state index contributed by atoms with van der Waals surface area (Å²) in [7, 11) is 0. The van der Waals surface area contributed by atoms with Gasteiger partial charge in [0.2, 0.25) is 5.88 Å². The fraction of sp³-hybridized carbons (Fsp3) is 0.485. The van der Waals surface area contributed by atoms with Crippen LogP contribution in [0.15, 0.2) is 52.3 Å². The van der Waals surface area contributed by atoms with Gasteiger partial charge in [-0.25, -0.2) is 4.98 Å². The Morgan fingerprint density at radius 1 is 1.12 bits per heavy atom. The predicted octanol–water partition coefficient (Wildman–Crippen LogP) is 4.03. The fourth-order valence-electron chi connectivity index (χ4n) is 8.23. The number of benzene rings is 2. The minimum Gasteiger partial charge on any atom is -0.508 e. The van der Waals surface area contributed by atoms with Gasteiger partial charge in [0.05, 0.1) is 28.5 Å². The van der Waals surface area contributed by atoms with Crippen LogP contribution in [0, 0.1) is 5.92 Å². The van der Waals surface area contributed by atoms with Crippen LogP contribution in [0.4, 0.5) is 0 Å². The maximum Gasteiger partial charge on any atom is 0.279 e. The molecule has 10 heteroatoms. The highest BCUT2D eigenvalue weighted by molar-refractivity contribution is 7.98. The lowest BCUT2D eigenvalue weighted by molar-refractivity contribution is 0.110. The lowest BCUT2D eigenvalue weighted by Gasteiger charge is -2.34. The Kier molecular flexibility index (Phi) is 6.85. The largest absolute Gasteiger partial charge is 0.508 e. The van der Waals surface area contributed by atoms with Crippen LogP contribution in [0.25, 0.3) is 27.2 Å². The topological polar surface area (TPSA) is 105 Å². The van der Waals surface area contributed by atoms with Gasteiger partial charge in [-0.3, -0.25) is 9.69 Å². The number of thioether (sulfide) groups is 1. The summed E-state index contributed by atoms with van der Waals surface area (Å²) < 4.78 is 8.01. The Morgan fingerprint density at radius 2 is 1.98 bits per heavy atom. The average Bonchev–Trinajstić information content (AvgIpc) is 3.44. The molecule has 0 saturated carbocycles. The summed E-state index contributed by atoms with van der Waals surface area (Å²) in [5.41, 5.74) is 1.34. The maximum absolute atomic E-state index is 14.4. The highest BCUT2D eigenvalue weighted by Gasteiger charge is 2.45. The molecule has 0 aliphatic carbocycles. The van der Waals surface area contributed by atoms with E-state index in [0.717, 1.165) is 78.7 Å². The van der Waals surface area contributed by atoms with E-state index in [1.807, 2.05) is 30.5 Å². The van der Waals surface area contributed by atoms with Crippen molar-refractivity contribution in [3.63, 3.8) is 0 Å². The van der Waals surface area contributed by atoms with Crippen LogP contribution in [-0.4, -0.2) is 81.9 Å². The molecule has 2 aromatic carbocycles. The van der Waals surface area contributed by atoms with Crippen molar-refractivity contribution in [3.05, 3.63) is 58.6 Å². The molecule has 43 heavy (non-hydrogen) atoms. The third-order valence-electron chi connectivity index (χ3n) is 10.4. The molecule has 0 amide bonds. The van der Waals surface area contributed by atoms with Gasteiger partial charge in [0.25, 0.3) is 5.56 Å². The Hall–Kier alpha value is -3.18. The van der Waals surface area contributed by atoms with E-state index in [2.05, 4.69) is 15.5 Å². The number of pyridine rings is 1. The third kappa shape index (κ3) is 4.61. The zero-order valence-corrected chi connectivity index (χ0v) is 25.3. The molecular weight excluding hydrogens is 560 g/mol. The summed E-state index contributed by atoms with van der Waals surface area (Å²) in [6.07, 6.45) is 9.48. The third-order valence-corrected chi connectivity index (χ3v) is 11.1. The summed E-state index contributed by atoms with van der Waals surface area (Å²) >= 11 is 1.61. The van der Waals surface area contributed by atoms with Gasteiger partial charge in [0.1, 0.15) is 12.4 Å². The Morgan fingerprint density at radius 3 is 2.81 bits per heavy atom. The molecule has 9 nitrogen and oxygen atoms in total. The molecule has 5 aliphatic heterocycles. The summed E-state index contributed by atoms with van der Waals surface area (Å²) in [6, 6.07) is 11.5. The highest BCUT2D eigenvalue weighted by atomic mass is 32.2. The van der Waals surface area contributed by atoms with Crippen LogP contribution in [-0.2, 0) is 0 Å². The molecule has 2 aromatic heterocycles. The van der Waals surface area contributed by atoms with Crippen molar-refractivity contribution in [2.45, 2.75) is 54.5 Å². The maximum atomic E-state index is 14.4. The molecule has 4 aromatic rings. The Labute approximate surface area is 255 Å². The summed E-state index contributed by atoms with van der Waals surface area (Å²) in [4.78, 5) is 23.2. The van der Waals surface area contributed by atoms with Gasteiger partial charge in [-0.05, 0) is 81.4 Å². The number of phenolic OH excluding ortho intramolecular Hbond substituents is 1. The molecule has 5 aliphatic rings. The van der Waals surface area contributed by atoms with Crippen LogP contribution in [0.3, 0.4) is 0 Å². The summed E-state index contributed by atoms with van der Waals surface area (Å²) in [6.45, 7) is 5.64. The number of aromatic hydroxyl groups is 1. The molecule has 5 fully saturated rings. The highest BCUT2D eigenvalue weighted by Crippen LogP contribution is 2.41. The van der Waals surface area contributed by atoms with Crippen LogP contribution in [0.5, 0.6) is 11.6 Å². The van der Waals surface area contributed by atoms with Crippen molar-refractivity contribution in [2.75, 3.05) is 45.6 Å². The van der Waals surface area contributed by atoms with E-state index in [4.69, 9.17) is 14.8 Å². The zero-order chi connectivity index (χ0) is 29.1. The summed E-state index contributed by atoms with van der Waals surface area (Å²) in [5.74, 6) is 1.18. The number of fused-ring (bicyclic) bond motifs is 7. The van der Waals surface area contributed by atoms with Crippen LogP contribution in [0.1, 0.15) is 43.7 Å². The Balaban J connectivity index is 1.29. The monoisotopic (exact) mass is 598 g/mol. The second kappa shape index (κ2) is 10.8. The van der Waals surface area contributed by atoms with Crippen molar-refractivity contribution in [1.29, 1.82) is 0 Å². The normalized spacial score (nSPS) is 24.9. The van der Waals surface area contributed by atoms with Crippen LogP contribution in [0.2, 0.25) is 0 Å². The first-order chi connectivity index (χ1) is 21.0. The standard InChI is InChI=1S/C33H38N6O3S/c1-43-28-6-2-5-20-11-23(40)13-27(30(20)28)39-32(41)25-14-29(42-19-33-7-3-9-38(33)10-4-8-33)37-31(26(25)18-36-39)24-12-22-17-34-15-21(24)16-35-22/h2,5-6,11,13-14,18,21-22,24,34-35,40H,3-4,7-10,12,15-17,19H2,1H3. The zero-order valence-electron chi connectivity index (χ0n) is 24.5.